The first-order valence-electron chi connectivity index (χ1n) is 7.12. The summed E-state index contributed by atoms with van der Waals surface area (Å²) in [4.78, 5) is 11.7. The summed E-state index contributed by atoms with van der Waals surface area (Å²) in [7, 11) is 1.60. The fourth-order valence-corrected chi connectivity index (χ4v) is 3.04. The van der Waals surface area contributed by atoms with E-state index in [4.69, 9.17) is 4.74 Å². The lowest BCUT2D eigenvalue weighted by Gasteiger charge is -2.05. The number of hydrogen-bond donors (Lipinski definition) is 1. The van der Waals surface area contributed by atoms with E-state index in [1.165, 1.54) is 11.8 Å². The van der Waals surface area contributed by atoms with Gasteiger partial charge in [-0.05, 0) is 30.7 Å². The third-order valence-electron chi connectivity index (χ3n) is 3.27. The number of aryl methyl sites for hydroxylation is 1. The van der Waals surface area contributed by atoms with Crippen molar-refractivity contribution < 1.29 is 18.3 Å². The largest absolute Gasteiger partial charge is 0.497 e. The molecule has 8 heteroatoms. The third kappa shape index (κ3) is 3.76. The van der Waals surface area contributed by atoms with E-state index in [2.05, 4.69) is 19.7 Å². The van der Waals surface area contributed by atoms with Gasteiger partial charge in [-0.15, -0.1) is 0 Å². The normalized spacial score (nSPS) is 11.2. The van der Waals surface area contributed by atoms with Crippen LogP contribution < -0.4 is 9.47 Å². The number of thioether (sulfide) groups is 1. The molecule has 0 aliphatic carbocycles. The van der Waals surface area contributed by atoms with Gasteiger partial charge in [-0.1, -0.05) is 11.8 Å². The maximum atomic E-state index is 12.5. The molecule has 0 fully saturated rings. The fraction of sp³-hybridized carbons (Fsp3) is 0.250. The Kier molecular flexibility index (Phi) is 4.84. The van der Waals surface area contributed by atoms with Crippen LogP contribution in [0.2, 0.25) is 0 Å². The van der Waals surface area contributed by atoms with Gasteiger partial charge in [0, 0.05) is 18.0 Å². The predicted octanol–water partition coefficient (Wildman–Crippen LogP) is 4.17. The van der Waals surface area contributed by atoms with E-state index in [0.29, 0.717) is 21.9 Å². The Bertz CT molecular complexity index is 854. The lowest BCUT2D eigenvalue weighted by molar-refractivity contribution is -0.0489. The summed E-state index contributed by atoms with van der Waals surface area (Å²) in [6.07, 6.45) is 1.67. The molecule has 3 aromatic rings. The van der Waals surface area contributed by atoms with Crippen LogP contribution in [0.1, 0.15) is 11.3 Å². The number of fused-ring (bicyclic) bond motifs is 1. The summed E-state index contributed by atoms with van der Waals surface area (Å²) in [5.74, 6) is 1.37. The quantitative estimate of drug-likeness (QED) is 0.676. The Morgan fingerprint density at radius 2 is 2.12 bits per heavy atom. The van der Waals surface area contributed by atoms with Crippen LogP contribution in [0, 0.1) is 6.92 Å². The molecule has 0 unspecified atom stereocenters. The lowest BCUT2D eigenvalue weighted by atomic mass is 10.2. The minimum absolute atomic E-state index is 0.0719. The number of alkyl halides is 2. The number of ether oxygens (including phenoxy) is 2. The summed E-state index contributed by atoms with van der Waals surface area (Å²) in [6.45, 7) is -1.07. The standard InChI is InChI=1S/C16H15F2N3O2S/c1-9-5-12-14(13(6-9)23-15(17)18)21-16(20-12)24-8-10-7-11(22-2)3-4-19-10/h3-7,15H,8H2,1-2H3,(H,20,21). The summed E-state index contributed by atoms with van der Waals surface area (Å²) in [6, 6.07) is 7.00. The van der Waals surface area contributed by atoms with E-state index < -0.39 is 6.61 Å². The van der Waals surface area contributed by atoms with Crippen molar-refractivity contribution in [2.24, 2.45) is 0 Å². The maximum absolute atomic E-state index is 12.5. The number of rotatable bonds is 6. The average molecular weight is 351 g/mol. The molecule has 0 saturated carbocycles. The van der Waals surface area contributed by atoms with Crippen LogP contribution >= 0.6 is 11.8 Å². The van der Waals surface area contributed by atoms with Crippen LogP contribution in [0.5, 0.6) is 11.5 Å². The molecular formula is C16H15F2N3O2S. The van der Waals surface area contributed by atoms with Crippen molar-refractivity contribution in [1.82, 2.24) is 15.0 Å². The van der Waals surface area contributed by atoms with Crippen molar-refractivity contribution in [2.45, 2.75) is 24.4 Å². The minimum atomic E-state index is -2.89. The number of aromatic amines is 1. The number of imidazole rings is 1. The summed E-state index contributed by atoms with van der Waals surface area (Å²) in [5, 5.41) is 0.610. The molecule has 5 nitrogen and oxygen atoms in total. The van der Waals surface area contributed by atoms with Gasteiger partial charge in [0.25, 0.3) is 0 Å². The lowest BCUT2D eigenvalue weighted by Crippen LogP contribution is -2.02. The molecule has 3 rings (SSSR count). The highest BCUT2D eigenvalue weighted by Gasteiger charge is 2.14. The van der Waals surface area contributed by atoms with Crippen molar-refractivity contribution in [3.8, 4) is 11.5 Å². The number of H-pyrrole nitrogens is 1. The molecule has 0 aliphatic rings. The van der Waals surface area contributed by atoms with Crippen LogP contribution in [0.15, 0.2) is 35.6 Å². The highest BCUT2D eigenvalue weighted by atomic mass is 32.2. The zero-order valence-electron chi connectivity index (χ0n) is 13.0. The van der Waals surface area contributed by atoms with Gasteiger partial charge >= 0.3 is 6.61 Å². The van der Waals surface area contributed by atoms with Gasteiger partial charge in [-0.2, -0.15) is 8.78 Å². The molecule has 1 aromatic carbocycles. The molecule has 2 heterocycles. The predicted molar refractivity (Wildman–Crippen MR) is 87.8 cm³/mol. The monoisotopic (exact) mass is 351 g/mol. The highest BCUT2D eigenvalue weighted by molar-refractivity contribution is 7.98. The molecule has 24 heavy (non-hydrogen) atoms. The van der Waals surface area contributed by atoms with Crippen LogP contribution in [0.3, 0.4) is 0 Å². The molecule has 0 spiro atoms. The molecule has 0 atom stereocenters. The van der Waals surface area contributed by atoms with Crippen LogP contribution in [0.25, 0.3) is 11.0 Å². The van der Waals surface area contributed by atoms with Gasteiger partial charge < -0.3 is 14.5 Å². The maximum Gasteiger partial charge on any atom is 0.387 e. The Balaban J connectivity index is 1.82. The smallest absolute Gasteiger partial charge is 0.387 e. The summed E-state index contributed by atoms with van der Waals surface area (Å²) in [5.41, 5.74) is 2.70. The number of benzene rings is 1. The molecule has 0 aliphatic heterocycles. The van der Waals surface area contributed by atoms with Crippen LogP contribution in [0.4, 0.5) is 8.78 Å². The van der Waals surface area contributed by atoms with Crippen molar-refractivity contribution in [2.75, 3.05) is 7.11 Å². The second-order valence-electron chi connectivity index (χ2n) is 5.06. The summed E-state index contributed by atoms with van der Waals surface area (Å²) < 4.78 is 34.8. The Morgan fingerprint density at radius 1 is 1.29 bits per heavy atom. The second-order valence-corrected chi connectivity index (χ2v) is 6.02. The molecule has 1 N–H and O–H groups in total. The molecule has 2 aromatic heterocycles. The number of pyridine rings is 1. The first-order valence-corrected chi connectivity index (χ1v) is 8.10. The van der Waals surface area contributed by atoms with E-state index in [1.807, 2.05) is 19.1 Å². The van der Waals surface area contributed by atoms with Gasteiger partial charge in [-0.3, -0.25) is 4.98 Å². The van der Waals surface area contributed by atoms with E-state index in [1.54, 1.807) is 25.4 Å². The number of nitrogens with one attached hydrogen (secondary N) is 1. The number of aromatic nitrogens is 3. The summed E-state index contributed by atoms with van der Waals surface area (Å²) >= 11 is 1.42. The SMILES string of the molecule is COc1ccnc(CSc2nc3c(OC(F)F)cc(C)cc3[nH]2)c1. The van der Waals surface area contributed by atoms with E-state index in [9.17, 15) is 8.78 Å². The first-order chi connectivity index (χ1) is 11.5. The van der Waals surface area contributed by atoms with E-state index in [0.717, 1.165) is 17.0 Å². The minimum Gasteiger partial charge on any atom is -0.497 e. The molecule has 0 bridgehead atoms. The van der Waals surface area contributed by atoms with E-state index >= 15 is 0 Å². The molecular weight excluding hydrogens is 336 g/mol. The van der Waals surface area contributed by atoms with Crippen molar-refractivity contribution >= 4 is 22.8 Å². The van der Waals surface area contributed by atoms with Gasteiger partial charge in [0.1, 0.15) is 11.3 Å². The highest BCUT2D eigenvalue weighted by Crippen LogP contribution is 2.30. The zero-order valence-corrected chi connectivity index (χ0v) is 13.9. The number of nitrogens with zero attached hydrogens (tertiary/aromatic N) is 2. The van der Waals surface area contributed by atoms with E-state index in [-0.39, 0.29) is 5.75 Å². The van der Waals surface area contributed by atoms with Crippen LogP contribution in [-0.4, -0.2) is 28.7 Å². The molecule has 126 valence electrons. The fourth-order valence-electron chi connectivity index (χ4n) is 2.26. The van der Waals surface area contributed by atoms with Gasteiger partial charge in [0.2, 0.25) is 0 Å². The van der Waals surface area contributed by atoms with Gasteiger partial charge in [-0.25, -0.2) is 4.98 Å². The Labute approximate surface area is 141 Å². The second kappa shape index (κ2) is 7.04. The van der Waals surface area contributed by atoms with Crippen molar-refractivity contribution in [3.05, 3.63) is 41.7 Å². The molecule has 0 radical (unpaired) electrons. The first kappa shape index (κ1) is 16.5. The Morgan fingerprint density at radius 3 is 2.88 bits per heavy atom. The number of hydrogen-bond acceptors (Lipinski definition) is 5. The van der Waals surface area contributed by atoms with Gasteiger partial charge in [0.05, 0.1) is 18.3 Å². The topological polar surface area (TPSA) is 60.0 Å². The molecule has 0 amide bonds. The number of halogens is 2. The zero-order chi connectivity index (χ0) is 17.1. The number of methoxy groups -OCH3 is 1. The van der Waals surface area contributed by atoms with Crippen LogP contribution in [-0.2, 0) is 5.75 Å². The van der Waals surface area contributed by atoms with Crippen molar-refractivity contribution in [1.29, 1.82) is 0 Å². The Hall–Kier alpha value is -2.35. The van der Waals surface area contributed by atoms with Crippen molar-refractivity contribution in [3.63, 3.8) is 0 Å². The average Bonchev–Trinajstić information content (AvgIpc) is 2.95. The third-order valence-corrected chi connectivity index (χ3v) is 4.18. The molecule has 0 saturated heterocycles. The van der Waals surface area contributed by atoms with Gasteiger partial charge in [0.15, 0.2) is 10.9 Å².